The van der Waals surface area contributed by atoms with E-state index in [1.54, 1.807) is 30.3 Å². The van der Waals surface area contributed by atoms with Crippen molar-refractivity contribution in [2.24, 2.45) is 0 Å². The Hall–Kier alpha value is -2.46. The maximum absolute atomic E-state index is 13.0. The number of nitro benzene ring substituents is 1. The molecule has 1 heterocycles. The quantitative estimate of drug-likeness (QED) is 0.147. The molecule has 1 aliphatic heterocycles. The number of nitro groups is 1. The van der Waals surface area contributed by atoms with Crippen LogP contribution in [0.2, 0.25) is 0 Å². The second-order valence-corrected chi connectivity index (χ2v) is 10.6. The van der Waals surface area contributed by atoms with Crippen LogP contribution in [0.15, 0.2) is 85.9 Å². The summed E-state index contributed by atoms with van der Waals surface area (Å²) < 4.78 is 1.32. The van der Waals surface area contributed by atoms with Crippen LogP contribution in [-0.4, -0.2) is 15.2 Å². The molecule has 1 saturated heterocycles. The minimum Gasteiger partial charge on any atom is -0.268 e. The Kier molecular flexibility index (Phi) is 6.80. The first kappa shape index (κ1) is 22.7. The van der Waals surface area contributed by atoms with E-state index in [-0.39, 0.29) is 11.6 Å². The van der Waals surface area contributed by atoms with E-state index in [4.69, 9.17) is 12.2 Å². The third-order valence-corrected chi connectivity index (χ3v) is 7.51. The Bertz CT molecular complexity index is 1260. The van der Waals surface area contributed by atoms with Crippen LogP contribution in [0, 0.1) is 17.0 Å². The summed E-state index contributed by atoms with van der Waals surface area (Å²) in [7, 11) is 0. The molecule has 1 amide bonds. The second kappa shape index (κ2) is 9.58. The molecule has 1 fully saturated rings. The van der Waals surface area contributed by atoms with Crippen molar-refractivity contribution in [1.29, 1.82) is 0 Å². The van der Waals surface area contributed by atoms with E-state index >= 15 is 0 Å². The van der Waals surface area contributed by atoms with Crippen molar-refractivity contribution >= 4 is 79.4 Å². The molecule has 0 saturated carbocycles. The van der Waals surface area contributed by atoms with Gasteiger partial charge in [-0.2, -0.15) is 0 Å². The van der Waals surface area contributed by atoms with E-state index < -0.39 is 4.92 Å². The maximum atomic E-state index is 13.0. The molecule has 9 heteroatoms. The van der Waals surface area contributed by atoms with Gasteiger partial charge in [-0.05, 0) is 61.0 Å². The zero-order chi connectivity index (χ0) is 22.8. The summed E-state index contributed by atoms with van der Waals surface area (Å²) >= 11 is 11.3. The summed E-state index contributed by atoms with van der Waals surface area (Å²) in [5.41, 5.74) is 2.36. The normalized spacial score (nSPS) is 14.9. The molecule has 160 valence electrons. The lowest BCUT2D eigenvalue weighted by Gasteiger charge is -2.14. The molecule has 3 aromatic rings. The van der Waals surface area contributed by atoms with Crippen molar-refractivity contribution in [1.82, 2.24) is 0 Å². The van der Waals surface area contributed by atoms with Gasteiger partial charge in [-0.25, -0.2) is 0 Å². The van der Waals surface area contributed by atoms with Gasteiger partial charge >= 0.3 is 0 Å². The number of nitrogens with zero attached hydrogens (tertiary/aromatic N) is 2. The van der Waals surface area contributed by atoms with Crippen molar-refractivity contribution in [3.05, 3.63) is 97.3 Å². The van der Waals surface area contributed by atoms with Gasteiger partial charge in [0.05, 0.1) is 20.4 Å². The number of benzene rings is 3. The lowest BCUT2D eigenvalue weighted by molar-refractivity contribution is -0.387. The summed E-state index contributed by atoms with van der Waals surface area (Å²) in [4.78, 5) is 27.6. The number of hydrogen-bond donors (Lipinski definition) is 0. The van der Waals surface area contributed by atoms with E-state index in [1.807, 2.05) is 43.3 Å². The van der Waals surface area contributed by atoms with Gasteiger partial charge in [0.2, 0.25) is 0 Å². The smallest absolute Gasteiger partial charge is 0.268 e. The first-order chi connectivity index (χ1) is 15.3. The van der Waals surface area contributed by atoms with Crippen molar-refractivity contribution < 1.29 is 9.72 Å². The number of anilines is 1. The molecule has 0 unspecified atom stereocenters. The highest BCUT2D eigenvalue weighted by Gasteiger charge is 2.33. The van der Waals surface area contributed by atoms with Crippen molar-refractivity contribution in [3.8, 4) is 0 Å². The monoisotopic (exact) mass is 542 g/mol. The summed E-state index contributed by atoms with van der Waals surface area (Å²) in [5, 5.41) is 11.7. The fraction of sp³-hybridized carbons (Fsp3) is 0.0435. The molecular formula is C23H15BrN2O3S3. The predicted molar refractivity (Wildman–Crippen MR) is 138 cm³/mol. The Morgan fingerprint density at radius 1 is 1.09 bits per heavy atom. The van der Waals surface area contributed by atoms with E-state index in [0.717, 1.165) is 14.9 Å². The van der Waals surface area contributed by atoms with Gasteiger partial charge in [0.1, 0.15) is 0 Å². The number of aryl methyl sites for hydroxylation is 1. The number of amides is 1. The molecule has 0 spiro atoms. The molecule has 5 nitrogen and oxygen atoms in total. The number of halogens is 1. The highest BCUT2D eigenvalue weighted by Crippen LogP contribution is 2.39. The zero-order valence-electron chi connectivity index (χ0n) is 16.7. The molecule has 1 aliphatic rings. The van der Waals surface area contributed by atoms with Crippen LogP contribution in [0.3, 0.4) is 0 Å². The lowest BCUT2D eigenvalue weighted by atomic mass is 10.2. The molecule has 3 aromatic carbocycles. The Balaban J connectivity index is 1.62. The minimum atomic E-state index is -0.402. The topological polar surface area (TPSA) is 63.5 Å². The van der Waals surface area contributed by atoms with Gasteiger partial charge < -0.3 is 0 Å². The highest BCUT2D eigenvalue weighted by molar-refractivity contribution is 9.10. The molecule has 0 radical (unpaired) electrons. The Labute approximate surface area is 207 Å². The van der Waals surface area contributed by atoms with Gasteiger partial charge in [0.15, 0.2) is 4.32 Å². The SMILES string of the molecule is Cc1ccc(Sc2ccc(/C=C3\SC(=S)N(c4ccc(Br)cc4)C3=O)cc2[N+](=O)[O-])cc1. The van der Waals surface area contributed by atoms with Crippen LogP contribution >= 0.6 is 51.7 Å². The van der Waals surface area contributed by atoms with E-state index in [2.05, 4.69) is 15.9 Å². The second-order valence-electron chi connectivity index (χ2n) is 6.89. The molecule has 0 atom stereocenters. The van der Waals surface area contributed by atoms with Crippen LogP contribution in [0.4, 0.5) is 11.4 Å². The van der Waals surface area contributed by atoms with Gasteiger partial charge in [0.25, 0.3) is 11.6 Å². The number of carbonyl (C=O) groups is 1. The van der Waals surface area contributed by atoms with Gasteiger partial charge in [-0.15, -0.1) is 0 Å². The number of hydrogen-bond acceptors (Lipinski definition) is 6. The van der Waals surface area contributed by atoms with Crippen LogP contribution in [-0.2, 0) is 4.79 Å². The standard InChI is InChI=1S/C23H15BrN2O3S3/c1-14-2-9-18(10-3-14)31-20-11-4-15(12-19(20)26(28)29)13-21-22(27)25(23(30)32-21)17-7-5-16(24)6-8-17/h2-13H,1H3/b21-13-. The average Bonchev–Trinajstić information content (AvgIpc) is 3.04. The fourth-order valence-corrected chi connectivity index (χ4v) is 5.48. The van der Waals surface area contributed by atoms with E-state index in [0.29, 0.717) is 25.4 Å². The highest BCUT2D eigenvalue weighted by atomic mass is 79.9. The van der Waals surface area contributed by atoms with Gasteiger partial charge in [0, 0.05) is 15.4 Å². The number of rotatable bonds is 5. The van der Waals surface area contributed by atoms with E-state index in [9.17, 15) is 14.9 Å². The zero-order valence-corrected chi connectivity index (χ0v) is 20.7. The molecule has 0 N–H and O–H groups in total. The predicted octanol–water partition coefficient (Wildman–Crippen LogP) is 7.22. The molecule has 32 heavy (non-hydrogen) atoms. The molecule has 4 rings (SSSR count). The maximum Gasteiger partial charge on any atom is 0.283 e. The van der Waals surface area contributed by atoms with Gasteiger partial charge in [-0.3, -0.25) is 19.8 Å². The summed E-state index contributed by atoms with van der Waals surface area (Å²) in [6.45, 7) is 1.99. The molecule has 0 bridgehead atoms. The van der Waals surface area contributed by atoms with Crippen LogP contribution in [0.1, 0.15) is 11.1 Å². The Morgan fingerprint density at radius 2 is 1.78 bits per heavy atom. The molecule has 0 aliphatic carbocycles. The lowest BCUT2D eigenvalue weighted by Crippen LogP contribution is -2.27. The van der Waals surface area contributed by atoms with Crippen molar-refractivity contribution in [2.75, 3.05) is 4.90 Å². The number of thioether (sulfide) groups is 1. The van der Waals surface area contributed by atoms with Crippen molar-refractivity contribution in [2.45, 2.75) is 16.7 Å². The van der Waals surface area contributed by atoms with Crippen LogP contribution in [0.25, 0.3) is 6.08 Å². The number of carbonyl (C=O) groups excluding carboxylic acids is 1. The van der Waals surface area contributed by atoms with E-state index in [1.165, 1.54) is 34.5 Å². The largest absolute Gasteiger partial charge is 0.283 e. The third-order valence-electron chi connectivity index (χ3n) is 4.60. The van der Waals surface area contributed by atoms with Crippen molar-refractivity contribution in [3.63, 3.8) is 0 Å². The Morgan fingerprint density at radius 3 is 2.44 bits per heavy atom. The summed E-state index contributed by atoms with van der Waals surface area (Å²) in [5.74, 6) is -0.247. The van der Waals surface area contributed by atoms with Crippen LogP contribution in [0.5, 0.6) is 0 Å². The minimum absolute atomic E-state index is 0.00675. The average molecular weight is 543 g/mol. The first-order valence-corrected chi connectivity index (χ1v) is 12.2. The summed E-state index contributed by atoms with van der Waals surface area (Å²) in [6, 6.07) is 20.1. The third kappa shape index (κ3) is 4.96. The summed E-state index contributed by atoms with van der Waals surface area (Å²) in [6.07, 6.45) is 1.64. The first-order valence-electron chi connectivity index (χ1n) is 9.38. The molecule has 0 aromatic heterocycles. The van der Waals surface area contributed by atoms with Crippen LogP contribution < -0.4 is 4.90 Å². The van der Waals surface area contributed by atoms with Gasteiger partial charge in [-0.1, -0.05) is 75.4 Å². The number of thiocarbonyl (C=S) groups is 1. The fourth-order valence-electron chi connectivity index (χ4n) is 3.02. The molecular weight excluding hydrogens is 528 g/mol.